The first kappa shape index (κ1) is 19.4. The average Bonchev–Trinajstić information content (AvgIpc) is 3.00. The summed E-state index contributed by atoms with van der Waals surface area (Å²) < 4.78 is 13.0. The van der Waals surface area contributed by atoms with Gasteiger partial charge in [0, 0.05) is 11.3 Å². The van der Waals surface area contributed by atoms with Gasteiger partial charge >= 0.3 is 0 Å². The maximum atomic E-state index is 13.0. The molecule has 4 rings (SSSR count). The topological polar surface area (TPSA) is 78.5 Å². The van der Waals surface area contributed by atoms with Crippen LogP contribution in [0.15, 0.2) is 72.8 Å². The summed E-state index contributed by atoms with van der Waals surface area (Å²) in [5, 5.41) is 5.40. The highest BCUT2D eigenvalue weighted by Crippen LogP contribution is 2.28. The number of hydrogen-bond acceptors (Lipinski definition) is 4. The van der Waals surface area contributed by atoms with Gasteiger partial charge in [-0.05, 0) is 72.9 Å². The second kappa shape index (κ2) is 7.84. The molecule has 1 aliphatic rings. The number of benzene rings is 3. The van der Waals surface area contributed by atoms with Crippen molar-refractivity contribution in [3.63, 3.8) is 0 Å². The lowest BCUT2D eigenvalue weighted by Crippen LogP contribution is -2.34. The van der Waals surface area contributed by atoms with Crippen LogP contribution in [-0.4, -0.2) is 22.8 Å². The molecule has 148 valence electrons. The van der Waals surface area contributed by atoms with E-state index in [1.54, 1.807) is 48.5 Å². The summed E-state index contributed by atoms with van der Waals surface area (Å²) in [5.74, 6) is -1.67. The summed E-state index contributed by atoms with van der Waals surface area (Å²) >= 11 is 5.13. The van der Waals surface area contributed by atoms with Gasteiger partial charge in [0.15, 0.2) is 5.11 Å². The van der Waals surface area contributed by atoms with E-state index in [4.69, 9.17) is 12.2 Å². The van der Waals surface area contributed by atoms with Gasteiger partial charge < -0.3 is 5.32 Å². The van der Waals surface area contributed by atoms with Crippen molar-refractivity contribution in [2.75, 3.05) is 10.2 Å². The number of fused-ring (bicyclic) bond motifs is 1. The Morgan fingerprint density at radius 2 is 1.40 bits per heavy atom. The minimum atomic E-state index is -0.477. The van der Waals surface area contributed by atoms with Crippen LogP contribution in [0.25, 0.3) is 0 Å². The fourth-order valence-corrected chi connectivity index (χ4v) is 3.27. The number of hydrogen-bond donors (Lipinski definition) is 2. The van der Waals surface area contributed by atoms with Crippen LogP contribution >= 0.6 is 12.2 Å². The molecule has 0 saturated carbocycles. The maximum absolute atomic E-state index is 13.0. The van der Waals surface area contributed by atoms with Crippen LogP contribution in [0, 0.1) is 5.82 Å². The minimum Gasteiger partial charge on any atom is -0.332 e. The molecule has 30 heavy (non-hydrogen) atoms. The highest BCUT2D eigenvalue weighted by atomic mass is 32.1. The molecule has 0 aromatic heterocycles. The Balaban J connectivity index is 1.42. The van der Waals surface area contributed by atoms with E-state index >= 15 is 0 Å². The maximum Gasteiger partial charge on any atom is 0.266 e. The molecule has 0 spiro atoms. The van der Waals surface area contributed by atoms with Gasteiger partial charge in [0.1, 0.15) is 5.82 Å². The Hall–Kier alpha value is -3.91. The summed E-state index contributed by atoms with van der Waals surface area (Å²) in [6, 6.07) is 18.2. The van der Waals surface area contributed by atoms with Crippen LogP contribution in [-0.2, 0) is 0 Å². The number of rotatable bonds is 3. The first-order valence-electron chi connectivity index (χ1n) is 8.90. The van der Waals surface area contributed by atoms with Crippen molar-refractivity contribution in [3.8, 4) is 0 Å². The third kappa shape index (κ3) is 3.68. The molecule has 0 atom stereocenters. The number of nitrogens with one attached hydrogen (secondary N) is 2. The molecule has 1 aliphatic heterocycles. The van der Waals surface area contributed by atoms with E-state index in [0.29, 0.717) is 22.5 Å². The Morgan fingerprint density at radius 1 is 0.833 bits per heavy atom. The molecule has 0 fully saturated rings. The Bertz CT molecular complexity index is 1140. The van der Waals surface area contributed by atoms with E-state index in [2.05, 4.69) is 10.6 Å². The Morgan fingerprint density at radius 3 is 1.97 bits per heavy atom. The monoisotopic (exact) mass is 419 g/mol. The summed E-state index contributed by atoms with van der Waals surface area (Å²) in [4.78, 5) is 38.3. The van der Waals surface area contributed by atoms with Gasteiger partial charge in [0.2, 0.25) is 0 Å². The molecule has 0 unspecified atom stereocenters. The normalized spacial score (nSPS) is 12.5. The molecule has 3 amide bonds. The number of anilines is 2. The molecule has 3 aromatic carbocycles. The van der Waals surface area contributed by atoms with Gasteiger partial charge in [-0.2, -0.15) is 0 Å². The first-order chi connectivity index (χ1) is 14.4. The lowest BCUT2D eigenvalue weighted by molar-refractivity contribution is 0.0923. The first-order valence-corrected chi connectivity index (χ1v) is 9.30. The number of nitrogens with zero attached hydrogens (tertiary/aromatic N) is 1. The smallest absolute Gasteiger partial charge is 0.266 e. The molecular formula is C22H14FN3O3S. The van der Waals surface area contributed by atoms with E-state index in [1.165, 1.54) is 24.3 Å². The van der Waals surface area contributed by atoms with Gasteiger partial charge in [-0.25, -0.2) is 9.29 Å². The van der Waals surface area contributed by atoms with Crippen molar-refractivity contribution in [2.24, 2.45) is 0 Å². The molecule has 1 heterocycles. The lowest BCUT2D eigenvalue weighted by Gasteiger charge is -2.15. The largest absolute Gasteiger partial charge is 0.332 e. The fraction of sp³-hybridized carbons (Fsp3) is 0. The summed E-state index contributed by atoms with van der Waals surface area (Å²) in [6.07, 6.45) is 0. The molecule has 0 saturated heterocycles. The second-order valence-corrected chi connectivity index (χ2v) is 6.86. The number of imide groups is 1. The predicted octanol–water partition coefficient (Wildman–Crippen LogP) is 3.75. The number of halogens is 1. The van der Waals surface area contributed by atoms with E-state index in [1.807, 2.05) is 0 Å². The van der Waals surface area contributed by atoms with Crippen molar-refractivity contribution in [2.45, 2.75) is 0 Å². The van der Waals surface area contributed by atoms with Gasteiger partial charge in [-0.15, -0.1) is 0 Å². The Labute approximate surface area is 176 Å². The summed E-state index contributed by atoms with van der Waals surface area (Å²) in [5.41, 5.74) is 1.98. The van der Waals surface area contributed by atoms with Crippen molar-refractivity contribution in [3.05, 3.63) is 95.3 Å². The molecule has 3 aromatic rings. The number of amides is 3. The van der Waals surface area contributed by atoms with Crippen LogP contribution in [0.3, 0.4) is 0 Å². The van der Waals surface area contributed by atoms with Gasteiger partial charge in [-0.1, -0.05) is 12.1 Å². The summed E-state index contributed by atoms with van der Waals surface area (Å²) in [6.45, 7) is 0. The minimum absolute atomic E-state index is 0.0535. The van der Waals surface area contributed by atoms with E-state index in [0.717, 1.165) is 4.90 Å². The van der Waals surface area contributed by atoms with Crippen molar-refractivity contribution in [1.82, 2.24) is 5.32 Å². The van der Waals surface area contributed by atoms with E-state index < -0.39 is 11.7 Å². The zero-order valence-electron chi connectivity index (χ0n) is 15.4. The molecule has 6 nitrogen and oxygen atoms in total. The molecule has 2 N–H and O–H groups in total. The standard InChI is InChI=1S/C22H14FN3O3S/c23-14-7-5-13(6-8-14)19(27)25-22(30)24-15-9-11-16(12-10-15)26-20(28)17-3-1-2-4-18(17)21(26)29/h1-12H,(H2,24,25,27,30). The van der Waals surface area contributed by atoms with Crippen LogP contribution in [0.4, 0.5) is 15.8 Å². The summed E-state index contributed by atoms with van der Waals surface area (Å²) in [7, 11) is 0. The highest BCUT2D eigenvalue weighted by molar-refractivity contribution is 7.80. The molecule has 0 aliphatic carbocycles. The average molecular weight is 419 g/mol. The zero-order chi connectivity index (χ0) is 21.3. The number of carbonyl (C=O) groups is 3. The van der Waals surface area contributed by atoms with Gasteiger partial charge in [-0.3, -0.25) is 19.7 Å². The predicted molar refractivity (Wildman–Crippen MR) is 114 cm³/mol. The van der Waals surface area contributed by atoms with Crippen molar-refractivity contribution < 1.29 is 18.8 Å². The van der Waals surface area contributed by atoms with E-state index in [9.17, 15) is 18.8 Å². The Kier molecular flexibility index (Phi) is 5.07. The lowest BCUT2D eigenvalue weighted by atomic mass is 10.1. The van der Waals surface area contributed by atoms with Gasteiger partial charge in [0.05, 0.1) is 16.8 Å². The molecule has 0 bridgehead atoms. The van der Waals surface area contributed by atoms with Crippen molar-refractivity contribution >= 4 is 46.4 Å². The third-order valence-corrected chi connectivity index (χ3v) is 4.72. The van der Waals surface area contributed by atoms with Crippen LogP contribution in [0.1, 0.15) is 31.1 Å². The number of thiocarbonyl (C=S) groups is 1. The number of carbonyl (C=O) groups excluding carboxylic acids is 3. The third-order valence-electron chi connectivity index (χ3n) is 4.51. The molecule has 8 heteroatoms. The van der Waals surface area contributed by atoms with Crippen molar-refractivity contribution in [1.29, 1.82) is 0 Å². The van der Waals surface area contributed by atoms with Crippen LogP contribution in [0.5, 0.6) is 0 Å². The second-order valence-electron chi connectivity index (χ2n) is 6.45. The zero-order valence-corrected chi connectivity index (χ0v) is 16.2. The van der Waals surface area contributed by atoms with Gasteiger partial charge in [0.25, 0.3) is 17.7 Å². The molecular weight excluding hydrogens is 405 g/mol. The quantitative estimate of drug-likeness (QED) is 0.499. The highest BCUT2D eigenvalue weighted by Gasteiger charge is 2.36. The van der Waals surface area contributed by atoms with E-state index in [-0.39, 0.29) is 22.5 Å². The SMILES string of the molecule is O=C(NC(=S)Nc1ccc(N2C(=O)c3ccccc3C2=O)cc1)c1ccc(F)cc1. The fourth-order valence-electron chi connectivity index (χ4n) is 3.06. The van der Waals surface area contributed by atoms with Crippen LogP contribution < -0.4 is 15.5 Å². The molecule has 0 radical (unpaired) electrons. The van der Waals surface area contributed by atoms with Crippen LogP contribution in [0.2, 0.25) is 0 Å².